The molecule has 6 nitrogen and oxygen atoms in total. The number of furan rings is 1. The molecule has 2 aromatic heterocycles. The van der Waals surface area contributed by atoms with Crippen LogP contribution in [0.25, 0.3) is 11.6 Å². The Morgan fingerprint density at radius 1 is 1.24 bits per heavy atom. The molecule has 1 aromatic carbocycles. The number of sulfone groups is 1. The highest BCUT2D eigenvalue weighted by Gasteiger charge is 2.20. The second kappa shape index (κ2) is 7.41. The van der Waals surface area contributed by atoms with E-state index in [1.165, 1.54) is 23.9 Å². The molecule has 0 saturated heterocycles. The summed E-state index contributed by atoms with van der Waals surface area (Å²) in [7, 11) is -1.75. The van der Waals surface area contributed by atoms with Crippen molar-refractivity contribution >= 4 is 44.8 Å². The van der Waals surface area contributed by atoms with Crippen LogP contribution in [0.5, 0.6) is 0 Å². The Morgan fingerprint density at radius 3 is 2.76 bits per heavy atom. The molecule has 0 amide bonds. The van der Waals surface area contributed by atoms with Gasteiger partial charge in [-0.25, -0.2) is 8.42 Å². The molecule has 0 aliphatic carbocycles. The van der Waals surface area contributed by atoms with Crippen LogP contribution in [0.1, 0.15) is 0 Å². The molecule has 2 heterocycles. The summed E-state index contributed by atoms with van der Waals surface area (Å²) < 4.78 is 32.0. The highest BCUT2D eigenvalue weighted by Crippen LogP contribution is 2.28. The average molecular weight is 418 g/mol. The Kier molecular flexibility index (Phi) is 5.43. The maximum atomic E-state index is 12.5. The van der Waals surface area contributed by atoms with Gasteiger partial charge in [0.25, 0.3) is 0 Å². The predicted molar refractivity (Wildman–Crippen MR) is 97.9 cm³/mol. The highest BCUT2D eigenvalue weighted by molar-refractivity contribution is 8.00. The molecule has 0 N–H and O–H groups in total. The van der Waals surface area contributed by atoms with Crippen molar-refractivity contribution in [3.05, 3.63) is 46.6 Å². The van der Waals surface area contributed by atoms with Crippen molar-refractivity contribution in [2.75, 3.05) is 11.5 Å². The van der Waals surface area contributed by atoms with Crippen LogP contribution in [0.15, 0.2) is 51.1 Å². The van der Waals surface area contributed by atoms with Gasteiger partial charge in [-0.2, -0.15) is 0 Å². The number of hydrogen-bond donors (Lipinski definition) is 0. The fourth-order valence-electron chi connectivity index (χ4n) is 2.13. The first-order chi connectivity index (χ1) is 11.9. The molecular weight excluding hydrogens is 405 g/mol. The van der Waals surface area contributed by atoms with Gasteiger partial charge < -0.3 is 8.98 Å². The Bertz CT molecular complexity index is 986. The number of hydrogen-bond acceptors (Lipinski definition) is 6. The Labute approximate surface area is 159 Å². The quantitative estimate of drug-likeness (QED) is 0.564. The first-order valence-electron chi connectivity index (χ1n) is 7.12. The van der Waals surface area contributed by atoms with Crippen molar-refractivity contribution in [2.45, 2.75) is 10.1 Å². The standard InChI is InChI=1S/C15H13Cl2N3O3S2/c1-20-14(12-3-2-6-23-12)18-19-15(20)24-7-8-25(21,22)13-9-10(16)4-5-11(13)17/h2-6,9H,7-8H2,1H3. The van der Waals surface area contributed by atoms with Crippen LogP contribution >= 0.6 is 35.0 Å². The minimum Gasteiger partial charge on any atom is -0.461 e. The second-order valence-corrected chi connectivity index (χ2v) is 9.07. The normalized spacial score (nSPS) is 11.8. The zero-order valence-corrected chi connectivity index (χ0v) is 16.2. The van der Waals surface area contributed by atoms with E-state index in [1.807, 2.05) is 0 Å². The fourth-order valence-corrected chi connectivity index (χ4v) is 5.50. The van der Waals surface area contributed by atoms with Gasteiger partial charge in [0.1, 0.15) is 0 Å². The summed E-state index contributed by atoms with van der Waals surface area (Å²) >= 11 is 13.1. The summed E-state index contributed by atoms with van der Waals surface area (Å²) in [5.41, 5.74) is 0. The number of nitrogens with zero attached hydrogens (tertiary/aromatic N) is 3. The van der Waals surface area contributed by atoms with E-state index in [2.05, 4.69) is 10.2 Å². The molecule has 0 bridgehead atoms. The van der Waals surface area contributed by atoms with Gasteiger partial charge in [-0.1, -0.05) is 35.0 Å². The maximum Gasteiger partial charge on any atom is 0.200 e. The zero-order chi connectivity index (χ0) is 18.0. The highest BCUT2D eigenvalue weighted by atomic mass is 35.5. The van der Waals surface area contributed by atoms with Gasteiger partial charge >= 0.3 is 0 Å². The molecule has 10 heteroatoms. The lowest BCUT2D eigenvalue weighted by Crippen LogP contribution is -2.10. The molecule has 3 aromatic rings. The van der Waals surface area contributed by atoms with Crippen molar-refractivity contribution in [1.82, 2.24) is 14.8 Å². The van der Waals surface area contributed by atoms with Crippen LogP contribution in [-0.2, 0) is 16.9 Å². The first-order valence-corrected chi connectivity index (χ1v) is 10.5. The van der Waals surface area contributed by atoms with Gasteiger partial charge in [0.2, 0.25) is 0 Å². The van der Waals surface area contributed by atoms with E-state index in [0.29, 0.717) is 27.5 Å². The summed E-state index contributed by atoms with van der Waals surface area (Å²) in [6.45, 7) is 0. The van der Waals surface area contributed by atoms with Gasteiger partial charge in [-0.05, 0) is 30.3 Å². The molecule has 0 saturated carbocycles. The summed E-state index contributed by atoms with van der Waals surface area (Å²) in [5, 5.41) is 9.22. The third-order valence-corrected chi connectivity index (χ3v) is 7.09. The lowest BCUT2D eigenvalue weighted by Gasteiger charge is -2.07. The third-order valence-electron chi connectivity index (χ3n) is 3.39. The SMILES string of the molecule is Cn1c(SCCS(=O)(=O)c2cc(Cl)ccc2Cl)nnc1-c1ccco1. The van der Waals surface area contributed by atoms with Crippen molar-refractivity contribution < 1.29 is 12.8 Å². The maximum absolute atomic E-state index is 12.5. The number of aromatic nitrogens is 3. The number of thioether (sulfide) groups is 1. The summed E-state index contributed by atoms with van der Waals surface area (Å²) in [6.07, 6.45) is 1.55. The van der Waals surface area contributed by atoms with Crippen molar-refractivity contribution in [3.63, 3.8) is 0 Å². The Hall–Kier alpha value is -1.48. The molecule has 0 radical (unpaired) electrons. The topological polar surface area (TPSA) is 78.0 Å². The molecule has 132 valence electrons. The molecule has 0 aliphatic heterocycles. The van der Waals surface area contributed by atoms with E-state index in [-0.39, 0.29) is 15.7 Å². The predicted octanol–water partition coefficient (Wildman–Crippen LogP) is 3.95. The van der Waals surface area contributed by atoms with E-state index in [4.69, 9.17) is 27.6 Å². The minimum absolute atomic E-state index is 0.0384. The van der Waals surface area contributed by atoms with Crippen LogP contribution in [0.3, 0.4) is 0 Å². The lowest BCUT2D eigenvalue weighted by molar-refractivity contribution is 0.572. The van der Waals surface area contributed by atoms with Crippen LogP contribution in [0.4, 0.5) is 0 Å². The van der Waals surface area contributed by atoms with Crippen LogP contribution < -0.4 is 0 Å². The molecule has 0 aliphatic rings. The fraction of sp³-hybridized carbons (Fsp3) is 0.200. The molecule has 0 fully saturated rings. The monoisotopic (exact) mass is 417 g/mol. The van der Waals surface area contributed by atoms with E-state index in [1.54, 1.807) is 36.1 Å². The van der Waals surface area contributed by atoms with E-state index >= 15 is 0 Å². The number of halogens is 2. The van der Waals surface area contributed by atoms with Gasteiger partial charge in [0.05, 0.1) is 21.9 Å². The zero-order valence-electron chi connectivity index (χ0n) is 13.0. The van der Waals surface area contributed by atoms with Gasteiger partial charge in [0.15, 0.2) is 26.6 Å². The smallest absolute Gasteiger partial charge is 0.200 e. The number of rotatable bonds is 6. The third kappa shape index (κ3) is 4.03. The molecule has 0 spiro atoms. The molecule has 0 unspecified atom stereocenters. The van der Waals surface area contributed by atoms with Crippen molar-refractivity contribution in [1.29, 1.82) is 0 Å². The van der Waals surface area contributed by atoms with Crippen molar-refractivity contribution in [2.24, 2.45) is 7.05 Å². The summed E-state index contributed by atoms with van der Waals surface area (Å²) in [5.74, 6) is 1.38. The van der Waals surface area contributed by atoms with Gasteiger partial charge in [0, 0.05) is 17.8 Å². The van der Waals surface area contributed by atoms with Crippen LogP contribution in [0, 0.1) is 0 Å². The van der Waals surface area contributed by atoms with Crippen molar-refractivity contribution in [3.8, 4) is 11.6 Å². The molecule has 3 rings (SSSR count). The van der Waals surface area contributed by atoms with E-state index in [0.717, 1.165) is 0 Å². The van der Waals surface area contributed by atoms with E-state index in [9.17, 15) is 8.42 Å². The van der Waals surface area contributed by atoms with Crippen LogP contribution in [0.2, 0.25) is 10.0 Å². The second-order valence-electron chi connectivity index (χ2n) is 5.08. The summed E-state index contributed by atoms with van der Waals surface area (Å²) in [6, 6.07) is 7.93. The summed E-state index contributed by atoms with van der Waals surface area (Å²) in [4.78, 5) is 0.0384. The van der Waals surface area contributed by atoms with Gasteiger partial charge in [-0.15, -0.1) is 10.2 Å². The Morgan fingerprint density at radius 2 is 2.04 bits per heavy atom. The molecule has 0 atom stereocenters. The van der Waals surface area contributed by atoms with E-state index < -0.39 is 9.84 Å². The molecular formula is C15H13Cl2N3O3S2. The van der Waals surface area contributed by atoms with Crippen LogP contribution in [-0.4, -0.2) is 34.7 Å². The van der Waals surface area contributed by atoms with Gasteiger partial charge in [-0.3, -0.25) is 0 Å². The minimum atomic E-state index is -3.55. The largest absolute Gasteiger partial charge is 0.461 e. The Balaban J connectivity index is 1.70. The lowest BCUT2D eigenvalue weighted by atomic mass is 10.4. The average Bonchev–Trinajstić information content (AvgIpc) is 3.20. The molecule has 25 heavy (non-hydrogen) atoms. The number of benzene rings is 1. The first kappa shape index (κ1) is 18.3.